The number of hydrogen-bond donors (Lipinski definition) is 4. The molecule has 3 aromatic rings. The van der Waals surface area contributed by atoms with E-state index in [1.807, 2.05) is 0 Å². The van der Waals surface area contributed by atoms with Crippen LogP contribution in [-0.4, -0.2) is 30.5 Å². The lowest BCUT2D eigenvalue weighted by molar-refractivity contribution is -0.137. The van der Waals surface area contributed by atoms with Crippen molar-refractivity contribution >= 4 is 44.8 Å². The zero-order valence-corrected chi connectivity index (χ0v) is 19.4. The van der Waals surface area contributed by atoms with Crippen LogP contribution in [0.5, 0.6) is 0 Å². The maximum absolute atomic E-state index is 13.6. The van der Waals surface area contributed by atoms with Crippen LogP contribution in [0, 0.1) is 6.92 Å². The topological polar surface area (TPSA) is 125 Å². The number of para-hydroxylation sites is 2. The van der Waals surface area contributed by atoms with E-state index in [-0.39, 0.29) is 30.5 Å². The zero-order chi connectivity index (χ0) is 25.4. The van der Waals surface area contributed by atoms with Crippen LogP contribution in [0.25, 0.3) is 0 Å². The van der Waals surface area contributed by atoms with Gasteiger partial charge in [0.15, 0.2) is 0 Å². The summed E-state index contributed by atoms with van der Waals surface area (Å²) in [6.45, 7) is 1.54. The number of carbonyl (C=O) groups excluding carboxylic acids is 1. The first kappa shape index (κ1) is 24.3. The van der Waals surface area contributed by atoms with E-state index >= 15 is 0 Å². The molecule has 1 aromatic heterocycles. The molecular formula is C22H21F3N6O3S. The smallest absolute Gasteiger partial charge is 0.365 e. The SMILES string of the molecule is Cc1cccc(CNc2nc(Nc3cccc4c3NC(=O)C4)ncc2C(F)(F)F)c1NS(C)(=O)=O. The van der Waals surface area contributed by atoms with Crippen molar-refractivity contribution in [1.82, 2.24) is 9.97 Å². The van der Waals surface area contributed by atoms with Crippen LogP contribution in [0.2, 0.25) is 0 Å². The average Bonchev–Trinajstić information content (AvgIpc) is 3.14. The lowest BCUT2D eigenvalue weighted by atomic mass is 10.1. The second-order valence-electron chi connectivity index (χ2n) is 7.98. The van der Waals surface area contributed by atoms with Crippen LogP contribution < -0.4 is 20.7 Å². The Balaban J connectivity index is 1.65. The fraction of sp³-hybridized carbons (Fsp3) is 0.227. The Labute approximate surface area is 199 Å². The van der Waals surface area contributed by atoms with Gasteiger partial charge in [-0.15, -0.1) is 0 Å². The number of aromatic nitrogens is 2. The molecule has 0 aliphatic carbocycles. The number of alkyl halides is 3. The molecule has 184 valence electrons. The maximum atomic E-state index is 13.6. The molecule has 0 unspecified atom stereocenters. The summed E-state index contributed by atoms with van der Waals surface area (Å²) in [7, 11) is -3.61. The number of hydrogen-bond acceptors (Lipinski definition) is 7. The first-order valence-electron chi connectivity index (χ1n) is 10.3. The lowest BCUT2D eigenvalue weighted by Gasteiger charge is -2.18. The van der Waals surface area contributed by atoms with E-state index in [0.717, 1.165) is 11.8 Å². The molecule has 0 atom stereocenters. The molecule has 0 bridgehead atoms. The van der Waals surface area contributed by atoms with Crippen molar-refractivity contribution in [1.29, 1.82) is 0 Å². The van der Waals surface area contributed by atoms with Gasteiger partial charge in [-0.25, -0.2) is 13.4 Å². The van der Waals surface area contributed by atoms with Gasteiger partial charge in [0.25, 0.3) is 0 Å². The minimum Gasteiger partial charge on any atom is -0.365 e. The van der Waals surface area contributed by atoms with E-state index < -0.39 is 27.6 Å². The van der Waals surface area contributed by atoms with Gasteiger partial charge < -0.3 is 16.0 Å². The Morgan fingerprint density at radius 1 is 1.14 bits per heavy atom. The summed E-state index contributed by atoms with van der Waals surface area (Å²) in [6.07, 6.45) is -2.88. The number of nitrogens with one attached hydrogen (secondary N) is 4. The average molecular weight is 507 g/mol. The number of aryl methyl sites for hydroxylation is 1. The fourth-order valence-corrected chi connectivity index (χ4v) is 4.31. The largest absolute Gasteiger partial charge is 0.421 e. The summed E-state index contributed by atoms with van der Waals surface area (Å²) >= 11 is 0. The minimum absolute atomic E-state index is 0.117. The summed E-state index contributed by atoms with van der Waals surface area (Å²) in [5.41, 5.74) is 1.94. The highest BCUT2D eigenvalue weighted by atomic mass is 32.2. The Morgan fingerprint density at radius 2 is 1.89 bits per heavy atom. The van der Waals surface area contributed by atoms with E-state index in [9.17, 15) is 26.4 Å². The first-order valence-corrected chi connectivity index (χ1v) is 12.2. The minimum atomic E-state index is -4.73. The summed E-state index contributed by atoms with van der Waals surface area (Å²) in [6, 6.07) is 10.1. The van der Waals surface area contributed by atoms with Crippen molar-refractivity contribution in [3.05, 3.63) is 64.8 Å². The van der Waals surface area contributed by atoms with Crippen molar-refractivity contribution in [2.24, 2.45) is 0 Å². The Kier molecular flexibility index (Phi) is 6.28. The van der Waals surface area contributed by atoms with Crippen molar-refractivity contribution in [2.45, 2.75) is 26.1 Å². The van der Waals surface area contributed by atoms with Crippen LogP contribution in [0.1, 0.15) is 22.3 Å². The number of rotatable bonds is 7. The van der Waals surface area contributed by atoms with Gasteiger partial charge in [-0.05, 0) is 29.7 Å². The van der Waals surface area contributed by atoms with Gasteiger partial charge in [-0.2, -0.15) is 18.2 Å². The molecule has 9 nitrogen and oxygen atoms in total. The quantitative estimate of drug-likeness (QED) is 0.381. The van der Waals surface area contributed by atoms with Crippen LogP contribution in [-0.2, 0) is 34.0 Å². The van der Waals surface area contributed by atoms with Gasteiger partial charge in [0, 0.05) is 12.7 Å². The molecule has 0 fully saturated rings. The van der Waals surface area contributed by atoms with E-state index in [1.54, 1.807) is 43.3 Å². The molecule has 2 aromatic carbocycles. The fourth-order valence-electron chi connectivity index (χ4n) is 3.65. The van der Waals surface area contributed by atoms with Crippen molar-refractivity contribution in [3.63, 3.8) is 0 Å². The first-order chi connectivity index (χ1) is 16.4. The van der Waals surface area contributed by atoms with E-state index in [0.29, 0.717) is 28.7 Å². The molecule has 2 heterocycles. The molecule has 35 heavy (non-hydrogen) atoms. The van der Waals surface area contributed by atoms with Gasteiger partial charge >= 0.3 is 6.18 Å². The summed E-state index contributed by atoms with van der Waals surface area (Å²) in [5.74, 6) is -0.797. The van der Waals surface area contributed by atoms with Crippen LogP contribution in [0.4, 0.5) is 42.0 Å². The summed E-state index contributed by atoms with van der Waals surface area (Å²) in [4.78, 5) is 19.5. The molecule has 0 spiro atoms. The van der Waals surface area contributed by atoms with Crippen molar-refractivity contribution < 1.29 is 26.4 Å². The van der Waals surface area contributed by atoms with Crippen LogP contribution in [0.3, 0.4) is 0 Å². The predicted molar refractivity (Wildman–Crippen MR) is 126 cm³/mol. The van der Waals surface area contributed by atoms with E-state index in [4.69, 9.17) is 0 Å². The Bertz CT molecular complexity index is 1410. The standard InChI is InChI=1S/C22H21F3N6O3S/c1-12-5-3-7-14(18(12)31-35(2,33)34)10-26-20-15(22(23,24)25)11-27-21(30-20)28-16-8-4-6-13-9-17(32)29-19(13)16/h3-8,11,31H,9-10H2,1-2H3,(H,29,32)(H2,26,27,28,30). The number of benzene rings is 2. The number of anilines is 5. The molecule has 4 N–H and O–H groups in total. The van der Waals surface area contributed by atoms with Crippen molar-refractivity contribution in [3.8, 4) is 0 Å². The maximum Gasteiger partial charge on any atom is 0.421 e. The summed E-state index contributed by atoms with van der Waals surface area (Å²) < 4.78 is 66.8. The van der Waals surface area contributed by atoms with Gasteiger partial charge in [0.05, 0.1) is 29.7 Å². The molecule has 1 aliphatic heterocycles. The molecule has 1 amide bonds. The molecule has 13 heteroatoms. The van der Waals surface area contributed by atoms with Gasteiger partial charge in [-0.1, -0.05) is 30.3 Å². The zero-order valence-electron chi connectivity index (χ0n) is 18.6. The monoisotopic (exact) mass is 506 g/mol. The second kappa shape index (κ2) is 9.06. The molecular weight excluding hydrogens is 485 g/mol. The van der Waals surface area contributed by atoms with Gasteiger partial charge in [0.1, 0.15) is 11.4 Å². The number of nitrogens with zero attached hydrogens (tertiary/aromatic N) is 2. The third-order valence-electron chi connectivity index (χ3n) is 5.20. The highest BCUT2D eigenvalue weighted by Gasteiger charge is 2.35. The van der Waals surface area contributed by atoms with E-state index in [1.165, 1.54) is 0 Å². The normalized spacial score (nSPS) is 13.2. The molecule has 0 saturated heterocycles. The molecule has 1 aliphatic rings. The molecule has 4 rings (SSSR count). The Morgan fingerprint density at radius 3 is 2.60 bits per heavy atom. The summed E-state index contributed by atoms with van der Waals surface area (Å²) in [5, 5.41) is 8.22. The van der Waals surface area contributed by atoms with Crippen LogP contribution >= 0.6 is 0 Å². The highest BCUT2D eigenvalue weighted by Crippen LogP contribution is 2.36. The number of halogens is 3. The third kappa shape index (κ3) is 5.62. The van der Waals surface area contributed by atoms with Gasteiger partial charge in [-0.3, -0.25) is 9.52 Å². The lowest BCUT2D eigenvalue weighted by Crippen LogP contribution is -2.16. The number of carbonyl (C=O) groups is 1. The van der Waals surface area contributed by atoms with Gasteiger partial charge in [0.2, 0.25) is 21.9 Å². The second-order valence-corrected chi connectivity index (χ2v) is 9.73. The number of sulfonamides is 1. The molecule has 0 radical (unpaired) electrons. The predicted octanol–water partition coefficient (Wildman–Crippen LogP) is 4.03. The molecule has 0 saturated carbocycles. The third-order valence-corrected chi connectivity index (χ3v) is 5.77. The number of fused-ring (bicyclic) bond motifs is 1. The van der Waals surface area contributed by atoms with Crippen molar-refractivity contribution in [2.75, 3.05) is 26.9 Å². The highest BCUT2D eigenvalue weighted by molar-refractivity contribution is 7.92. The number of amides is 1. The van der Waals surface area contributed by atoms with E-state index in [2.05, 4.69) is 30.6 Å². The Hall–Kier alpha value is -3.87. The van der Waals surface area contributed by atoms with Crippen LogP contribution in [0.15, 0.2) is 42.6 Å².